The van der Waals surface area contributed by atoms with Gasteiger partial charge in [-0.2, -0.15) is 0 Å². The van der Waals surface area contributed by atoms with Crippen molar-refractivity contribution in [2.75, 3.05) is 0 Å². The largest absolute Gasteiger partial charge is 0.147 e. The average molecular weight is 185 g/mol. The van der Waals surface area contributed by atoms with Crippen LogP contribution in [0.15, 0.2) is 18.2 Å². The molecule has 0 aromatic heterocycles. The van der Waals surface area contributed by atoms with Gasteiger partial charge in [0.25, 0.3) is 0 Å². The Morgan fingerprint density at radius 3 is 2.00 bits per heavy atom. The van der Waals surface area contributed by atoms with Crippen molar-refractivity contribution in [3.05, 3.63) is 34.9 Å². The van der Waals surface area contributed by atoms with E-state index in [0.29, 0.717) is 5.92 Å². The highest BCUT2D eigenvalue weighted by Crippen LogP contribution is 2.17. The first-order valence-corrected chi connectivity index (χ1v) is 4.18. The topological polar surface area (TPSA) is 0 Å². The van der Waals surface area contributed by atoms with Gasteiger partial charge < -0.3 is 0 Å². The maximum Gasteiger partial charge on any atom is -0.0219 e. The Hall–Kier alpha value is -0.490. The fourth-order valence-corrected chi connectivity index (χ4v) is 1.12. The van der Waals surface area contributed by atoms with Crippen molar-refractivity contribution < 1.29 is 0 Å². The molecule has 0 heterocycles. The van der Waals surface area contributed by atoms with Crippen LogP contribution in [-0.4, -0.2) is 0 Å². The minimum atomic E-state index is 0. The second-order valence-electron chi connectivity index (χ2n) is 3.50. The lowest BCUT2D eigenvalue weighted by Crippen LogP contribution is -1.89. The first kappa shape index (κ1) is 11.5. The van der Waals surface area contributed by atoms with Crippen molar-refractivity contribution in [2.24, 2.45) is 0 Å². The third kappa shape index (κ3) is 2.53. The van der Waals surface area contributed by atoms with E-state index >= 15 is 0 Å². The summed E-state index contributed by atoms with van der Waals surface area (Å²) in [7, 11) is 0. The van der Waals surface area contributed by atoms with E-state index in [2.05, 4.69) is 45.9 Å². The van der Waals surface area contributed by atoms with E-state index in [9.17, 15) is 0 Å². The molecule has 0 aliphatic rings. The highest BCUT2D eigenvalue weighted by atomic mass is 35.5. The van der Waals surface area contributed by atoms with Gasteiger partial charge in [0.05, 0.1) is 0 Å². The second kappa shape index (κ2) is 4.51. The molecule has 1 rings (SSSR count). The molecule has 0 nitrogen and oxygen atoms in total. The fraction of sp³-hybridized carbons (Fsp3) is 0.455. The van der Waals surface area contributed by atoms with Crippen molar-refractivity contribution in [1.29, 1.82) is 0 Å². The van der Waals surface area contributed by atoms with Crippen LogP contribution in [0, 0.1) is 13.8 Å². The van der Waals surface area contributed by atoms with E-state index in [4.69, 9.17) is 0 Å². The zero-order valence-electron chi connectivity index (χ0n) is 8.22. The van der Waals surface area contributed by atoms with Gasteiger partial charge in [-0.25, -0.2) is 0 Å². The SMILES string of the molecule is Cc1ccc(C(C)C)cc1C.Cl. The summed E-state index contributed by atoms with van der Waals surface area (Å²) < 4.78 is 0. The standard InChI is InChI=1S/C11H16.ClH/c1-8(2)11-6-5-9(3)10(4)7-11;/h5-8H,1-4H3;1H. The van der Waals surface area contributed by atoms with Crippen LogP contribution in [0.3, 0.4) is 0 Å². The summed E-state index contributed by atoms with van der Waals surface area (Å²) in [6, 6.07) is 6.69. The molecule has 0 fully saturated rings. The van der Waals surface area contributed by atoms with Gasteiger partial charge in [0.1, 0.15) is 0 Å². The quantitative estimate of drug-likeness (QED) is 0.622. The van der Waals surface area contributed by atoms with E-state index in [1.54, 1.807) is 0 Å². The average Bonchev–Trinajstić information content (AvgIpc) is 1.94. The van der Waals surface area contributed by atoms with Crippen molar-refractivity contribution in [1.82, 2.24) is 0 Å². The molecule has 0 radical (unpaired) electrons. The second-order valence-corrected chi connectivity index (χ2v) is 3.50. The Balaban J connectivity index is 0.00000121. The molecule has 1 aromatic rings. The van der Waals surface area contributed by atoms with Crippen LogP contribution < -0.4 is 0 Å². The van der Waals surface area contributed by atoms with E-state index in [-0.39, 0.29) is 12.4 Å². The lowest BCUT2D eigenvalue weighted by Gasteiger charge is -2.07. The van der Waals surface area contributed by atoms with Crippen molar-refractivity contribution in [3.63, 3.8) is 0 Å². The number of hydrogen-bond donors (Lipinski definition) is 0. The van der Waals surface area contributed by atoms with E-state index in [0.717, 1.165) is 0 Å². The normalized spacial score (nSPS) is 9.75. The van der Waals surface area contributed by atoms with E-state index in [1.807, 2.05) is 0 Å². The van der Waals surface area contributed by atoms with Crippen LogP contribution in [0.2, 0.25) is 0 Å². The summed E-state index contributed by atoms with van der Waals surface area (Å²) in [6.07, 6.45) is 0. The number of hydrogen-bond acceptors (Lipinski definition) is 0. The number of benzene rings is 1. The van der Waals surface area contributed by atoms with Gasteiger partial charge >= 0.3 is 0 Å². The minimum Gasteiger partial charge on any atom is -0.147 e. The molecule has 0 saturated heterocycles. The molecular formula is C11H17Cl. The Morgan fingerprint density at radius 1 is 1.00 bits per heavy atom. The Morgan fingerprint density at radius 2 is 1.58 bits per heavy atom. The lowest BCUT2D eigenvalue weighted by molar-refractivity contribution is 0.864. The van der Waals surface area contributed by atoms with Crippen LogP contribution in [-0.2, 0) is 0 Å². The maximum atomic E-state index is 2.28. The predicted octanol–water partition coefficient (Wildman–Crippen LogP) is 3.85. The maximum absolute atomic E-state index is 2.28. The molecule has 0 amide bonds. The molecular weight excluding hydrogens is 168 g/mol. The molecule has 1 heteroatoms. The summed E-state index contributed by atoms with van der Waals surface area (Å²) >= 11 is 0. The molecule has 12 heavy (non-hydrogen) atoms. The first-order chi connectivity index (χ1) is 5.11. The predicted molar refractivity (Wildman–Crippen MR) is 57.3 cm³/mol. The molecule has 0 atom stereocenters. The van der Waals surface area contributed by atoms with Crippen LogP contribution in [0.1, 0.15) is 36.5 Å². The lowest BCUT2D eigenvalue weighted by atomic mass is 9.99. The van der Waals surface area contributed by atoms with Gasteiger partial charge in [0, 0.05) is 0 Å². The molecule has 0 aliphatic carbocycles. The van der Waals surface area contributed by atoms with Crippen LogP contribution in [0.4, 0.5) is 0 Å². The van der Waals surface area contributed by atoms with Gasteiger partial charge in [0.2, 0.25) is 0 Å². The Bertz CT molecular complexity index is 251. The summed E-state index contributed by atoms with van der Waals surface area (Å²) in [6.45, 7) is 8.77. The van der Waals surface area contributed by atoms with Gasteiger partial charge in [-0.05, 0) is 36.5 Å². The molecule has 0 unspecified atom stereocenters. The zero-order chi connectivity index (χ0) is 8.43. The monoisotopic (exact) mass is 184 g/mol. The van der Waals surface area contributed by atoms with Crippen LogP contribution in [0.5, 0.6) is 0 Å². The smallest absolute Gasteiger partial charge is 0.0219 e. The third-order valence-electron chi connectivity index (χ3n) is 2.20. The van der Waals surface area contributed by atoms with Crippen molar-refractivity contribution >= 4 is 12.4 Å². The molecule has 0 bridgehead atoms. The number of aryl methyl sites for hydroxylation is 2. The summed E-state index contributed by atoms with van der Waals surface area (Å²) in [4.78, 5) is 0. The number of rotatable bonds is 1. The zero-order valence-corrected chi connectivity index (χ0v) is 9.03. The summed E-state index contributed by atoms with van der Waals surface area (Å²) in [5.74, 6) is 0.647. The summed E-state index contributed by atoms with van der Waals surface area (Å²) in [5, 5.41) is 0. The first-order valence-electron chi connectivity index (χ1n) is 4.18. The molecule has 68 valence electrons. The molecule has 1 aromatic carbocycles. The minimum absolute atomic E-state index is 0. The summed E-state index contributed by atoms with van der Waals surface area (Å²) in [5.41, 5.74) is 4.22. The van der Waals surface area contributed by atoms with Gasteiger partial charge in [-0.15, -0.1) is 12.4 Å². The third-order valence-corrected chi connectivity index (χ3v) is 2.20. The fourth-order valence-electron chi connectivity index (χ4n) is 1.12. The van der Waals surface area contributed by atoms with Crippen LogP contribution in [0.25, 0.3) is 0 Å². The van der Waals surface area contributed by atoms with Gasteiger partial charge in [-0.1, -0.05) is 32.0 Å². The van der Waals surface area contributed by atoms with E-state index < -0.39 is 0 Å². The number of halogens is 1. The van der Waals surface area contributed by atoms with Gasteiger partial charge in [-0.3, -0.25) is 0 Å². The molecule has 0 N–H and O–H groups in total. The van der Waals surface area contributed by atoms with Crippen molar-refractivity contribution in [2.45, 2.75) is 33.6 Å². The molecule has 0 aliphatic heterocycles. The van der Waals surface area contributed by atoms with Crippen molar-refractivity contribution in [3.8, 4) is 0 Å². The van der Waals surface area contributed by atoms with Gasteiger partial charge in [0.15, 0.2) is 0 Å². The highest BCUT2D eigenvalue weighted by Gasteiger charge is 1.99. The van der Waals surface area contributed by atoms with Crippen LogP contribution >= 0.6 is 12.4 Å². The molecule has 0 spiro atoms. The Labute approximate surface area is 81.4 Å². The highest BCUT2D eigenvalue weighted by molar-refractivity contribution is 5.85. The Kier molecular flexibility index (Phi) is 4.33. The van der Waals surface area contributed by atoms with E-state index in [1.165, 1.54) is 16.7 Å². The molecule has 0 saturated carbocycles.